The van der Waals surface area contributed by atoms with E-state index in [0.29, 0.717) is 5.92 Å². The lowest BCUT2D eigenvalue weighted by molar-refractivity contribution is 0.506. The van der Waals surface area contributed by atoms with Crippen molar-refractivity contribution < 1.29 is 4.42 Å². The van der Waals surface area contributed by atoms with Crippen LogP contribution in [0.15, 0.2) is 40.2 Å². The van der Waals surface area contributed by atoms with E-state index in [0.717, 1.165) is 50.7 Å². The van der Waals surface area contributed by atoms with Crippen LogP contribution >= 0.6 is 0 Å². The normalized spacial score (nSPS) is 11.9. The van der Waals surface area contributed by atoms with Gasteiger partial charge in [-0.05, 0) is 24.5 Å². The second kappa shape index (κ2) is 9.66. The molecule has 0 aliphatic heterocycles. The molecule has 7 heteroatoms. The molecule has 0 aliphatic carbocycles. The van der Waals surface area contributed by atoms with Gasteiger partial charge in [0, 0.05) is 38.8 Å². The Labute approximate surface area is 137 Å². The van der Waals surface area contributed by atoms with Gasteiger partial charge in [-0.1, -0.05) is 19.1 Å². The summed E-state index contributed by atoms with van der Waals surface area (Å²) in [5.41, 5.74) is 0. The number of guanidine groups is 1. The Bertz CT molecular complexity index is 547. The topological polar surface area (TPSA) is 80.3 Å². The highest BCUT2D eigenvalue weighted by Crippen LogP contribution is 1.99. The predicted molar refractivity (Wildman–Crippen MR) is 90.2 cm³/mol. The molecule has 0 aromatic carbocycles. The summed E-state index contributed by atoms with van der Waals surface area (Å²) in [6.45, 7) is 7.60. The van der Waals surface area contributed by atoms with Crippen molar-refractivity contribution in [3.05, 3.63) is 36.5 Å². The van der Waals surface area contributed by atoms with Crippen LogP contribution in [0.25, 0.3) is 0 Å². The van der Waals surface area contributed by atoms with E-state index in [9.17, 15) is 0 Å². The van der Waals surface area contributed by atoms with Crippen molar-refractivity contribution in [3.8, 4) is 0 Å². The number of aliphatic imine (C=N–C) groups is 1. The van der Waals surface area contributed by atoms with Crippen LogP contribution in [0.4, 0.5) is 0 Å². The van der Waals surface area contributed by atoms with E-state index < -0.39 is 0 Å². The summed E-state index contributed by atoms with van der Waals surface area (Å²) in [6.07, 6.45) is 7.07. The zero-order valence-corrected chi connectivity index (χ0v) is 13.9. The number of hydrogen-bond acceptors (Lipinski definition) is 4. The molecule has 2 rings (SSSR count). The van der Waals surface area contributed by atoms with Gasteiger partial charge in [0.25, 0.3) is 0 Å². The average Bonchev–Trinajstić information content (AvgIpc) is 3.21. The fraction of sp³-hybridized carbons (Fsp3) is 0.562. The SMILES string of the molecule is CC(C)CN=C(NCCCn1ccnn1)NCCc1ccco1. The number of aryl methyl sites for hydroxylation is 1. The highest BCUT2D eigenvalue weighted by molar-refractivity contribution is 5.79. The summed E-state index contributed by atoms with van der Waals surface area (Å²) < 4.78 is 7.17. The van der Waals surface area contributed by atoms with Crippen LogP contribution in [0.3, 0.4) is 0 Å². The highest BCUT2D eigenvalue weighted by Gasteiger charge is 2.01. The summed E-state index contributed by atoms with van der Waals surface area (Å²) in [7, 11) is 0. The molecule has 2 N–H and O–H groups in total. The molecule has 0 spiro atoms. The third kappa shape index (κ3) is 6.99. The molecule has 0 radical (unpaired) electrons. The van der Waals surface area contributed by atoms with E-state index >= 15 is 0 Å². The van der Waals surface area contributed by atoms with Crippen molar-refractivity contribution in [1.29, 1.82) is 0 Å². The number of hydrogen-bond donors (Lipinski definition) is 2. The van der Waals surface area contributed by atoms with Crippen LogP contribution in [0.5, 0.6) is 0 Å². The number of nitrogens with one attached hydrogen (secondary N) is 2. The second-order valence-electron chi connectivity index (χ2n) is 5.79. The van der Waals surface area contributed by atoms with E-state index in [4.69, 9.17) is 4.42 Å². The Hall–Kier alpha value is -2.31. The minimum Gasteiger partial charge on any atom is -0.469 e. The van der Waals surface area contributed by atoms with E-state index in [2.05, 4.69) is 39.8 Å². The van der Waals surface area contributed by atoms with Gasteiger partial charge in [0.05, 0.1) is 12.5 Å². The molecular weight excluding hydrogens is 292 g/mol. The molecule has 126 valence electrons. The Morgan fingerprint density at radius 3 is 2.91 bits per heavy atom. The van der Waals surface area contributed by atoms with E-state index in [1.807, 2.05) is 23.0 Å². The van der Waals surface area contributed by atoms with Crippen molar-refractivity contribution >= 4 is 5.96 Å². The average molecular weight is 318 g/mol. The Kier molecular flexibility index (Phi) is 7.16. The van der Waals surface area contributed by atoms with E-state index in [1.165, 1.54) is 0 Å². The molecule has 0 amide bonds. The fourth-order valence-electron chi connectivity index (χ4n) is 2.01. The zero-order chi connectivity index (χ0) is 16.3. The quantitative estimate of drug-likeness (QED) is 0.418. The van der Waals surface area contributed by atoms with Crippen LogP contribution in [0, 0.1) is 5.92 Å². The first-order chi connectivity index (χ1) is 11.2. The van der Waals surface area contributed by atoms with Crippen molar-refractivity contribution in [3.63, 3.8) is 0 Å². The maximum atomic E-state index is 5.34. The van der Waals surface area contributed by atoms with Gasteiger partial charge in [-0.2, -0.15) is 0 Å². The molecule has 0 aliphatic rings. The standard InChI is InChI=1S/C16H26N6O/c1-14(2)13-19-16(18-8-6-15-5-3-12-23-15)17-7-4-10-22-11-9-20-21-22/h3,5,9,11-12,14H,4,6-8,10,13H2,1-2H3,(H2,17,18,19). The highest BCUT2D eigenvalue weighted by atomic mass is 16.3. The summed E-state index contributed by atoms with van der Waals surface area (Å²) in [6, 6.07) is 3.89. The van der Waals surface area contributed by atoms with Crippen molar-refractivity contribution in [2.75, 3.05) is 19.6 Å². The molecule has 0 fully saturated rings. The molecule has 0 saturated carbocycles. The van der Waals surface area contributed by atoms with Gasteiger partial charge in [-0.3, -0.25) is 9.67 Å². The molecule has 2 aromatic heterocycles. The number of aromatic nitrogens is 3. The van der Waals surface area contributed by atoms with Crippen LogP contribution in [0.2, 0.25) is 0 Å². The van der Waals surface area contributed by atoms with Crippen LogP contribution in [0.1, 0.15) is 26.0 Å². The van der Waals surface area contributed by atoms with E-state index in [1.54, 1.807) is 12.5 Å². The van der Waals surface area contributed by atoms with Gasteiger partial charge >= 0.3 is 0 Å². The first-order valence-electron chi connectivity index (χ1n) is 8.12. The first-order valence-corrected chi connectivity index (χ1v) is 8.12. The predicted octanol–water partition coefficient (Wildman–Crippen LogP) is 1.70. The molecule has 7 nitrogen and oxygen atoms in total. The molecule has 0 unspecified atom stereocenters. The minimum atomic E-state index is 0.536. The molecule has 0 bridgehead atoms. The third-order valence-corrected chi connectivity index (χ3v) is 3.19. The smallest absolute Gasteiger partial charge is 0.191 e. The van der Waals surface area contributed by atoms with Crippen molar-refractivity contribution in [2.24, 2.45) is 10.9 Å². The lowest BCUT2D eigenvalue weighted by Gasteiger charge is -2.13. The summed E-state index contributed by atoms with van der Waals surface area (Å²) in [5.74, 6) is 2.37. The second-order valence-corrected chi connectivity index (χ2v) is 5.79. The third-order valence-electron chi connectivity index (χ3n) is 3.19. The summed E-state index contributed by atoms with van der Waals surface area (Å²) >= 11 is 0. The first kappa shape index (κ1) is 17.1. The number of furan rings is 1. The van der Waals surface area contributed by atoms with Gasteiger partial charge in [0.2, 0.25) is 0 Å². The summed E-state index contributed by atoms with van der Waals surface area (Å²) in [4.78, 5) is 4.61. The van der Waals surface area contributed by atoms with Crippen LogP contribution in [-0.4, -0.2) is 40.6 Å². The van der Waals surface area contributed by atoms with Crippen LogP contribution in [-0.2, 0) is 13.0 Å². The number of nitrogens with zero attached hydrogens (tertiary/aromatic N) is 4. The van der Waals surface area contributed by atoms with Crippen LogP contribution < -0.4 is 10.6 Å². The van der Waals surface area contributed by atoms with Gasteiger partial charge in [0.15, 0.2) is 5.96 Å². The fourth-order valence-corrected chi connectivity index (χ4v) is 2.01. The lowest BCUT2D eigenvalue weighted by atomic mass is 10.2. The minimum absolute atomic E-state index is 0.536. The van der Waals surface area contributed by atoms with E-state index in [-0.39, 0.29) is 0 Å². The molecular formula is C16H26N6O. The van der Waals surface area contributed by atoms with Gasteiger partial charge in [-0.15, -0.1) is 5.10 Å². The molecule has 2 heterocycles. The Morgan fingerprint density at radius 1 is 1.35 bits per heavy atom. The van der Waals surface area contributed by atoms with Gasteiger partial charge in [-0.25, -0.2) is 0 Å². The van der Waals surface area contributed by atoms with Crippen molar-refractivity contribution in [1.82, 2.24) is 25.6 Å². The number of rotatable bonds is 9. The maximum Gasteiger partial charge on any atom is 0.191 e. The van der Waals surface area contributed by atoms with Crippen molar-refractivity contribution in [2.45, 2.75) is 33.2 Å². The van der Waals surface area contributed by atoms with Gasteiger partial charge in [0.1, 0.15) is 5.76 Å². The monoisotopic (exact) mass is 318 g/mol. The Balaban J connectivity index is 1.70. The molecule has 23 heavy (non-hydrogen) atoms. The zero-order valence-electron chi connectivity index (χ0n) is 13.9. The lowest BCUT2D eigenvalue weighted by Crippen LogP contribution is -2.39. The molecule has 0 saturated heterocycles. The van der Waals surface area contributed by atoms with Gasteiger partial charge < -0.3 is 15.1 Å². The molecule has 0 atom stereocenters. The Morgan fingerprint density at radius 2 is 2.22 bits per heavy atom. The molecule has 2 aromatic rings. The summed E-state index contributed by atoms with van der Waals surface area (Å²) in [5, 5.41) is 14.5. The largest absolute Gasteiger partial charge is 0.469 e. The maximum absolute atomic E-state index is 5.34.